The average molecular weight is 411 g/mol. The van der Waals surface area contributed by atoms with Gasteiger partial charge in [0.05, 0.1) is 12.1 Å². The third kappa shape index (κ3) is 4.70. The highest BCUT2D eigenvalue weighted by atomic mass is 15.4. The Labute approximate surface area is 188 Å². The van der Waals surface area contributed by atoms with Crippen molar-refractivity contribution < 1.29 is 0 Å². The molecule has 0 aromatic heterocycles. The van der Waals surface area contributed by atoms with Crippen LogP contribution in [0, 0.1) is 12.1 Å². The van der Waals surface area contributed by atoms with Crippen molar-refractivity contribution in [2.45, 2.75) is 52.6 Å². The molecule has 1 aliphatic rings. The van der Waals surface area contributed by atoms with Crippen molar-refractivity contribution in [1.29, 1.82) is 0 Å². The zero-order valence-corrected chi connectivity index (χ0v) is 19.4. The van der Waals surface area contributed by atoms with Gasteiger partial charge in [-0.1, -0.05) is 113 Å². The van der Waals surface area contributed by atoms with E-state index in [1.807, 2.05) is 0 Å². The molecule has 2 atom stereocenters. The van der Waals surface area contributed by atoms with Gasteiger partial charge in [-0.15, -0.1) is 0 Å². The lowest BCUT2D eigenvalue weighted by Gasteiger charge is -2.33. The van der Waals surface area contributed by atoms with Crippen LogP contribution in [0.3, 0.4) is 0 Å². The molecule has 1 fully saturated rings. The standard InChI is InChI=1S/C29H34N2/c1-22(2)25-18-12-13-19-26(25)31-21-30(20-29(3,4)5)27(23-14-8-6-9-15-23)28(31)24-16-10-7-11-17-24/h6-19,22,27-28H,20H2,1-5H3/t27-,28+/m0/s1. The Bertz CT molecular complexity index is 972. The zero-order valence-electron chi connectivity index (χ0n) is 19.4. The first kappa shape index (κ1) is 21.6. The monoisotopic (exact) mass is 410 g/mol. The van der Waals surface area contributed by atoms with E-state index in [0.29, 0.717) is 5.92 Å². The van der Waals surface area contributed by atoms with Crippen LogP contribution in [0.4, 0.5) is 5.69 Å². The molecule has 0 spiro atoms. The van der Waals surface area contributed by atoms with Crippen LogP contribution in [-0.4, -0.2) is 11.4 Å². The molecule has 2 radical (unpaired) electrons. The zero-order chi connectivity index (χ0) is 22.0. The SMILES string of the molecule is CC(C)c1ccccc1N1[C]N(CC(C)(C)C)[C@@H](c2ccccc2)[C@H]1c1ccccc1. The summed E-state index contributed by atoms with van der Waals surface area (Å²) in [7, 11) is 0. The lowest BCUT2D eigenvalue weighted by atomic mass is 9.90. The minimum Gasteiger partial charge on any atom is -0.337 e. The highest BCUT2D eigenvalue weighted by Crippen LogP contribution is 2.50. The molecular weight excluding hydrogens is 376 g/mol. The van der Waals surface area contributed by atoms with Crippen molar-refractivity contribution in [3.05, 3.63) is 108 Å². The smallest absolute Gasteiger partial charge is 0.178 e. The van der Waals surface area contributed by atoms with Gasteiger partial charge in [-0.2, -0.15) is 0 Å². The van der Waals surface area contributed by atoms with Gasteiger partial charge < -0.3 is 4.90 Å². The van der Waals surface area contributed by atoms with Gasteiger partial charge in [-0.3, -0.25) is 4.90 Å². The predicted molar refractivity (Wildman–Crippen MR) is 131 cm³/mol. The third-order valence-corrected chi connectivity index (χ3v) is 5.89. The Hall–Kier alpha value is -2.58. The fraction of sp³-hybridized carbons (Fsp3) is 0.345. The summed E-state index contributed by atoms with van der Waals surface area (Å²) in [5, 5.41) is 0. The quantitative estimate of drug-likeness (QED) is 0.431. The third-order valence-electron chi connectivity index (χ3n) is 5.89. The van der Waals surface area contributed by atoms with Crippen molar-refractivity contribution in [3.63, 3.8) is 0 Å². The maximum Gasteiger partial charge on any atom is 0.178 e. The second-order valence-electron chi connectivity index (χ2n) is 10.1. The fourth-order valence-corrected chi connectivity index (χ4v) is 4.61. The van der Waals surface area contributed by atoms with E-state index in [-0.39, 0.29) is 17.5 Å². The van der Waals surface area contributed by atoms with Crippen molar-refractivity contribution in [3.8, 4) is 0 Å². The van der Waals surface area contributed by atoms with Crippen LogP contribution in [0.25, 0.3) is 0 Å². The summed E-state index contributed by atoms with van der Waals surface area (Å²) in [6.07, 6.45) is 0. The molecule has 0 N–H and O–H groups in total. The van der Waals surface area contributed by atoms with E-state index in [1.54, 1.807) is 0 Å². The molecule has 0 unspecified atom stereocenters. The van der Waals surface area contributed by atoms with E-state index in [4.69, 9.17) is 0 Å². The molecule has 3 aromatic rings. The summed E-state index contributed by atoms with van der Waals surface area (Å²) in [4.78, 5) is 4.83. The summed E-state index contributed by atoms with van der Waals surface area (Å²) in [6, 6.07) is 31.0. The summed E-state index contributed by atoms with van der Waals surface area (Å²) >= 11 is 0. The van der Waals surface area contributed by atoms with Gasteiger partial charge in [0.25, 0.3) is 0 Å². The molecule has 1 heterocycles. The first-order valence-corrected chi connectivity index (χ1v) is 11.4. The largest absolute Gasteiger partial charge is 0.337 e. The number of hydrogen-bond acceptors (Lipinski definition) is 2. The second kappa shape index (κ2) is 8.88. The minimum absolute atomic E-state index is 0.158. The molecule has 2 nitrogen and oxygen atoms in total. The number of para-hydroxylation sites is 1. The first-order valence-electron chi connectivity index (χ1n) is 11.4. The predicted octanol–water partition coefficient (Wildman–Crippen LogP) is 7.46. The molecule has 4 rings (SSSR count). The summed E-state index contributed by atoms with van der Waals surface area (Å²) in [5.74, 6) is 0.446. The van der Waals surface area contributed by atoms with Crippen LogP contribution >= 0.6 is 0 Å². The number of anilines is 1. The van der Waals surface area contributed by atoms with Gasteiger partial charge in [0.15, 0.2) is 6.67 Å². The second-order valence-corrected chi connectivity index (χ2v) is 10.1. The topological polar surface area (TPSA) is 6.48 Å². The Kier molecular flexibility index (Phi) is 6.20. The number of benzene rings is 3. The molecule has 31 heavy (non-hydrogen) atoms. The van der Waals surface area contributed by atoms with Crippen LogP contribution in [0.15, 0.2) is 84.9 Å². The van der Waals surface area contributed by atoms with Crippen LogP contribution in [0.5, 0.6) is 0 Å². The minimum atomic E-state index is 0.158. The first-order chi connectivity index (χ1) is 14.8. The van der Waals surface area contributed by atoms with Gasteiger partial charge in [0, 0.05) is 12.2 Å². The molecule has 1 aliphatic heterocycles. The van der Waals surface area contributed by atoms with Crippen molar-refractivity contribution >= 4 is 5.69 Å². The number of hydrogen-bond donors (Lipinski definition) is 0. The fourth-order valence-electron chi connectivity index (χ4n) is 4.61. The average Bonchev–Trinajstić information content (AvgIpc) is 3.12. The molecular formula is C29H34N2. The van der Waals surface area contributed by atoms with Crippen molar-refractivity contribution in [2.24, 2.45) is 5.41 Å². The molecule has 0 aliphatic carbocycles. The van der Waals surface area contributed by atoms with Gasteiger partial charge in [0.1, 0.15) is 0 Å². The van der Waals surface area contributed by atoms with E-state index in [0.717, 1.165) is 6.54 Å². The molecule has 0 saturated carbocycles. The molecule has 0 bridgehead atoms. The molecule has 2 heteroatoms. The van der Waals surface area contributed by atoms with Crippen molar-refractivity contribution in [1.82, 2.24) is 4.90 Å². The maximum absolute atomic E-state index is 3.82. The van der Waals surface area contributed by atoms with Crippen LogP contribution in [-0.2, 0) is 0 Å². The van der Waals surface area contributed by atoms with Gasteiger partial charge in [-0.05, 0) is 34.1 Å². The van der Waals surface area contributed by atoms with Crippen molar-refractivity contribution in [2.75, 3.05) is 11.4 Å². The molecule has 3 aromatic carbocycles. The molecule has 160 valence electrons. The summed E-state index contributed by atoms with van der Waals surface area (Å²) in [5.41, 5.74) is 5.43. The Balaban J connectivity index is 1.88. The molecule has 1 saturated heterocycles. The summed E-state index contributed by atoms with van der Waals surface area (Å²) in [6.45, 7) is 16.2. The highest BCUT2D eigenvalue weighted by molar-refractivity contribution is 5.60. The highest BCUT2D eigenvalue weighted by Gasteiger charge is 2.44. The van der Waals surface area contributed by atoms with Gasteiger partial charge in [0.2, 0.25) is 0 Å². The lowest BCUT2D eigenvalue weighted by Crippen LogP contribution is -2.31. The van der Waals surface area contributed by atoms with Gasteiger partial charge >= 0.3 is 0 Å². The van der Waals surface area contributed by atoms with E-state index >= 15 is 0 Å². The van der Waals surface area contributed by atoms with Crippen LogP contribution < -0.4 is 4.90 Å². The Morgan fingerprint density at radius 3 is 1.81 bits per heavy atom. The van der Waals surface area contributed by atoms with E-state index in [2.05, 4.69) is 136 Å². The maximum atomic E-state index is 3.82. The Morgan fingerprint density at radius 1 is 0.742 bits per heavy atom. The van der Waals surface area contributed by atoms with E-state index in [9.17, 15) is 0 Å². The lowest BCUT2D eigenvalue weighted by molar-refractivity contribution is 0.196. The summed E-state index contributed by atoms with van der Waals surface area (Å²) < 4.78 is 0. The van der Waals surface area contributed by atoms with Gasteiger partial charge in [-0.25, -0.2) is 0 Å². The van der Waals surface area contributed by atoms with Crippen LogP contribution in [0.2, 0.25) is 0 Å². The number of rotatable bonds is 5. The number of nitrogens with zero attached hydrogens (tertiary/aromatic N) is 2. The normalized spacial score (nSPS) is 19.9. The van der Waals surface area contributed by atoms with E-state index in [1.165, 1.54) is 22.4 Å². The van der Waals surface area contributed by atoms with E-state index < -0.39 is 0 Å². The van der Waals surface area contributed by atoms with Crippen LogP contribution in [0.1, 0.15) is 69.3 Å². The Morgan fingerprint density at radius 2 is 1.26 bits per heavy atom. The molecule has 0 amide bonds.